The van der Waals surface area contributed by atoms with Crippen molar-refractivity contribution in [2.45, 2.75) is 36.3 Å². The van der Waals surface area contributed by atoms with Gasteiger partial charge < -0.3 is 9.84 Å². The Hall–Kier alpha value is -0.960. The number of rotatable bonds is 5. The smallest absolute Gasteiger partial charge is 0.335 e. The number of sulfonamides is 1. The highest BCUT2D eigenvalue weighted by atomic mass is 79.9. The van der Waals surface area contributed by atoms with Gasteiger partial charge in [-0.15, -0.1) is 0 Å². The molecule has 6 nitrogen and oxygen atoms in total. The van der Waals surface area contributed by atoms with Gasteiger partial charge in [-0.2, -0.15) is 0 Å². The Kier molecular flexibility index (Phi) is 5.03. The fourth-order valence-corrected chi connectivity index (χ4v) is 4.76. The van der Waals surface area contributed by atoms with Gasteiger partial charge in [0.25, 0.3) is 0 Å². The first-order chi connectivity index (χ1) is 9.83. The van der Waals surface area contributed by atoms with Gasteiger partial charge in [-0.25, -0.2) is 17.9 Å². The zero-order valence-corrected chi connectivity index (χ0v) is 13.8. The number of benzene rings is 1. The number of carboxylic acid groups (broad SMARTS) is 1. The first-order valence-corrected chi connectivity index (χ1v) is 8.69. The fraction of sp³-hybridized carbons (Fsp3) is 0.462. The Morgan fingerprint density at radius 3 is 2.67 bits per heavy atom. The molecule has 8 heteroatoms. The SMILES string of the molecule is COC1CCC(NS(=O)(=O)c2ccc(C(=O)O)cc2Br)C1. The number of hydrogen-bond acceptors (Lipinski definition) is 4. The molecule has 1 aliphatic rings. The number of halogens is 1. The summed E-state index contributed by atoms with van der Waals surface area (Å²) in [6.45, 7) is 0. The number of ether oxygens (including phenoxy) is 1. The average molecular weight is 378 g/mol. The van der Waals surface area contributed by atoms with Crippen LogP contribution in [0.25, 0.3) is 0 Å². The molecule has 0 aliphatic heterocycles. The zero-order chi connectivity index (χ0) is 15.6. The first-order valence-electron chi connectivity index (χ1n) is 6.41. The van der Waals surface area contributed by atoms with Crippen LogP contribution in [-0.4, -0.2) is 38.7 Å². The standard InChI is InChI=1S/C13H16BrNO5S/c1-20-10-4-3-9(7-10)15-21(18,19)12-5-2-8(13(16)17)6-11(12)14/h2,5-6,9-10,15H,3-4,7H2,1H3,(H,16,17). The van der Waals surface area contributed by atoms with E-state index in [1.807, 2.05) is 0 Å². The third kappa shape index (κ3) is 3.82. The van der Waals surface area contributed by atoms with Gasteiger partial charge in [-0.1, -0.05) is 0 Å². The second-order valence-corrected chi connectivity index (χ2v) is 7.48. The highest BCUT2D eigenvalue weighted by molar-refractivity contribution is 9.10. The third-order valence-electron chi connectivity index (χ3n) is 3.51. The number of aromatic carboxylic acids is 1. The topological polar surface area (TPSA) is 92.7 Å². The van der Waals surface area contributed by atoms with Crippen LogP contribution in [-0.2, 0) is 14.8 Å². The van der Waals surface area contributed by atoms with Crippen LogP contribution in [0.5, 0.6) is 0 Å². The predicted molar refractivity (Wildman–Crippen MR) is 79.9 cm³/mol. The molecule has 0 heterocycles. The van der Waals surface area contributed by atoms with E-state index >= 15 is 0 Å². The number of nitrogens with one attached hydrogen (secondary N) is 1. The molecule has 1 aromatic rings. The second kappa shape index (κ2) is 6.43. The molecular weight excluding hydrogens is 362 g/mol. The summed E-state index contributed by atoms with van der Waals surface area (Å²) in [7, 11) is -2.08. The summed E-state index contributed by atoms with van der Waals surface area (Å²) in [6.07, 6.45) is 2.27. The molecule has 0 bridgehead atoms. The number of methoxy groups -OCH3 is 1. The molecule has 2 rings (SSSR count). The molecular formula is C13H16BrNO5S. The lowest BCUT2D eigenvalue weighted by Crippen LogP contribution is -2.33. The normalized spacial score (nSPS) is 22.4. The van der Waals surface area contributed by atoms with Crippen LogP contribution in [0.4, 0.5) is 0 Å². The van der Waals surface area contributed by atoms with Gasteiger partial charge in [0.05, 0.1) is 16.6 Å². The third-order valence-corrected chi connectivity index (χ3v) is 6.01. The van der Waals surface area contributed by atoms with Crippen LogP contribution in [0.2, 0.25) is 0 Å². The van der Waals surface area contributed by atoms with Crippen molar-refractivity contribution in [3.05, 3.63) is 28.2 Å². The van der Waals surface area contributed by atoms with E-state index in [0.29, 0.717) is 6.42 Å². The molecule has 1 aromatic carbocycles. The maximum atomic E-state index is 12.4. The predicted octanol–water partition coefficient (Wildman–Crippen LogP) is 1.99. The molecule has 0 aromatic heterocycles. The Morgan fingerprint density at radius 1 is 1.43 bits per heavy atom. The molecule has 1 aliphatic carbocycles. The Morgan fingerprint density at radius 2 is 2.14 bits per heavy atom. The van der Waals surface area contributed by atoms with Crippen molar-refractivity contribution >= 4 is 31.9 Å². The minimum Gasteiger partial charge on any atom is -0.478 e. The Balaban J connectivity index is 2.18. The fourth-order valence-electron chi connectivity index (χ4n) is 2.40. The molecule has 1 saturated carbocycles. The highest BCUT2D eigenvalue weighted by Crippen LogP contribution is 2.27. The van der Waals surface area contributed by atoms with Gasteiger partial charge in [-0.3, -0.25) is 0 Å². The molecule has 2 atom stereocenters. The van der Waals surface area contributed by atoms with Crippen molar-refractivity contribution in [3.8, 4) is 0 Å². The van der Waals surface area contributed by atoms with Crippen molar-refractivity contribution in [1.82, 2.24) is 4.72 Å². The van der Waals surface area contributed by atoms with E-state index in [1.165, 1.54) is 18.2 Å². The van der Waals surface area contributed by atoms with Crippen LogP contribution in [0.3, 0.4) is 0 Å². The van der Waals surface area contributed by atoms with Gasteiger partial charge in [0.2, 0.25) is 10.0 Å². The van der Waals surface area contributed by atoms with Crippen LogP contribution in [0.1, 0.15) is 29.6 Å². The molecule has 1 fully saturated rings. The highest BCUT2D eigenvalue weighted by Gasteiger charge is 2.29. The lowest BCUT2D eigenvalue weighted by Gasteiger charge is -2.14. The van der Waals surface area contributed by atoms with Crippen molar-refractivity contribution in [2.75, 3.05) is 7.11 Å². The summed E-state index contributed by atoms with van der Waals surface area (Å²) in [6, 6.07) is 3.68. The first kappa shape index (κ1) is 16.4. The van der Waals surface area contributed by atoms with E-state index in [1.54, 1.807) is 7.11 Å². The molecule has 2 N–H and O–H groups in total. The zero-order valence-electron chi connectivity index (χ0n) is 11.4. The van der Waals surface area contributed by atoms with Gasteiger partial charge in [0.1, 0.15) is 0 Å². The lowest BCUT2D eigenvalue weighted by atomic mass is 10.2. The Labute approximate surface area is 131 Å². The summed E-state index contributed by atoms with van der Waals surface area (Å²) in [5, 5.41) is 8.89. The molecule has 0 saturated heterocycles. The van der Waals surface area contributed by atoms with E-state index < -0.39 is 16.0 Å². The van der Waals surface area contributed by atoms with Gasteiger partial charge >= 0.3 is 5.97 Å². The molecule has 2 unspecified atom stereocenters. The van der Waals surface area contributed by atoms with Crippen molar-refractivity contribution in [2.24, 2.45) is 0 Å². The summed E-state index contributed by atoms with van der Waals surface area (Å²) < 4.78 is 32.8. The summed E-state index contributed by atoms with van der Waals surface area (Å²) in [5.41, 5.74) is 0.0288. The molecule has 0 spiro atoms. The quantitative estimate of drug-likeness (QED) is 0.818. The minimum atomic E-state index is -3.69. The summed E-state index contributed by atoms with van der Waals surface area (Å²) in [5.74, 6) is -1.11. The molecule has 0 radical (unpaired) electrons. The van der Waals surface area contributed by atoms with E-state index in [4.69, 9.17) is 9.84 Å². The maximum absolute atomic E-state index is 12.4. The monoisotopic (exact) mass is 377 g/mol. The van der Waals surface area contributed by atoms with E-state index in [0.717, 1.165) is 12.8 Å². The van der Waals surface area contributed by atoms with Gasteiger partial charge in [0, 0.05) is 17.6 Å². The Bertz CT molecular complexity index is 646. The van der Waals surface area contributed by atoms with E-state index in [-0.39, 0.29) is 27.1 Å². The lowest BCUT2D eigenvalue weighted by molar-refractivity contribution is 0.0696. The summed E-state index contributed by atoms with van der Waals surface area (Å²) >= 11 is 3.12. The number of hydrogen-bond donors (Lipinski definition) is 2. The van der Waals surface area contributed by atoms with Crippen LogP contribution < -0.4 is 4.72 Å². The number of carboxylic acids is 1. The second-order valence-electron chi connectivity index (χ2n) is 4.94. The number of carbonyl (C=O) groups is 1. The minimum absolute atomic E-state index is 0.0288. The molecule has 116 valence electrons. The molecule has 0 amide bonds. The van der Waals surface area contributed by atoms with Crippen molar-refractivity contribution in [1.29, 1.82) is 0 Å². The van der Waals surface area contributed by atoms with Crippen LogP contribution in [0, 0.1) is 0 Å². The largest absolute Gasteiger partial charge is 0.478 e. The van der Waals surface area contributed by atoms with Crippen LogP contribution in [0.15, 0.2) is 27.6 Å². The molecule has 21 heavy (non-hydrogen) atoms. The van der Waals surface area contributed by atoms with E-state index in [2.05, 4.69) is 20.7 Å². The average Bonchev–Trinajstić information content (AvgIpc) is 2.85. The van der Waals surface area contributed by atoms with Gasteiger partial charge in [0.15, 0.2) is 0 Å². The van der Waals surface area contributed by atoms with Crippen LogP contribution >= 0.6 is 15.9 Å². The van der Waals surface area contributed by atoms with Crippen molar-refractivity contribution < 1.29 is 23.1 Å². The van der Waals surface area contributed by atoms with E-state index in [9.17, 15) is 13.2 Å². The summed E-state index contributed by atoms with van der Waals surface area (Å²) in [4.78, 5) is 10.9. The van der Waals surface area contributed by atoms with Gasteiger partial charge in [-0.05, 0) is 53.4 Å². The maximum Gasteiger partial charge on any atom is 0.335 e. The van der Waals surface area contributed by atoms with Crippen molar-refractivity contribution in [3.63, 3.8) is 0 Å².